The van der Waals surface area contributed by atoms with Crippen molar-refractivity contribution in [1.82, 2.24) is 24.7 Å². The molecular weight excluding hydrogens is 490 g/mol. The van der Waals surface area contributed by atoms with Crippen LogP contribution in [0.15, 0.2) is 42.5 Å². The summed E-state index contributed by atoms with van der Waals surface area (Å²) in [6.45, 7) is 4.72. The van der Waals surface area contributed by atoms with Gasteiger partial charge in [0.05, 0.1) is 25.7 Å². The highest BCUT2D eigenvalue weighted by Gasteiger charge is 2.44. The normalized spacial score (nSPS) is 19.6. The predicted octanol–water partition coefficient (Wildman–Crippen LogP) is 1.97. The first-order chi connectivity index (χ1) is 18.4. The monoisotopic (exact) mass is 519 g/mol. The fourth-order valence-corrected chi connectivity index (χ4v) is 5.59. The highest BCUT2D eigenvalue weighted by Crippen LogP contribution is 2.41. The van der Waals surface area contributed by atoms with E-state index in [1.165, 1.54) is 11.9 Å². The number of benzene rings is 2. The quantitative estimate of drug-likeness (QED) is 0.378. The molecular formula is C27H29N5O6. The number of urea groups is 1. The van der Waals surface area contributed by atoms with Gasteiger partial charge in [0.2, 0.25) is 5.91 Å². The molecule has 2 fully saturated rings. The summed E-state index contributed by atoms with van der Waals surface area (Å²) in [6, 6.07) is 12.6. The van der Waals surface area contributed by atoms with Gasteiger partial charge in [0, 0.05) is 55.4 Å². The lowest BCUT2D eigenvalue weighted by Gasteiger charge is -2.41. The van der Waals surface area contributed by atoms with Crippen molar-refractivity contribution in [3.05, 3.63) is 64.8 Å². The zero-order chi connectivity index (χ0) is 26.4. The van der Waals surface area contributed by atoms with Crippen molar-refractivity contribution in [3.63, 3.8) is 0 Å². The molecule has 0 radical (unpaired) electrons. The second-order valence-corrected chi connectivity index (χ2v) is 9.88. The second kappa shape index (κ2) is 9.75. The van der Waals surface area contributed by atoms with Crippen molar-refractivity contribution in [1.29, 1.82) is 0 Å². The minimum atomic E-state index is -0.577. The lowest BCUT2D eigenvalue weighted by atomic mass is 9.89. The number of amides is 4. The van der Waals surface area contributed by atoms with Crippen LogP contribution in [0.25, 0.3) is 10.9 Å². The molecule has 3 aromatic rings. The third kappa shape index (κ3) is 4.18. The SMILES string of the molecule is CN1C(=O)[C@H]2CN(Cc3c2c2cc(OCN4CCOCC4)ccc2n3Cc2ccc(C(=O)NO)cc2)C1=O. The molecule has 0 unspecified atom stereocenters. The van der Waals surface area contributed by atoms with Crippen LogP contribution in [0.5, 0.6) is 5.75 Å². The Morgan fingerprint density at radius 3 is 2.63 bits per heavy atom. The molecule has 1 atom stereocenters. The average molecular weight is 520 g/mol. The highest BCUT2D eigenvalue weighted by molar-refractivity contribution is 6.04. The van der Waals surface area contributed by atoms with Crippen LogP contribution in [-0.4, -0.2) is 88.9 Å². The number of hydrogen-bond acceptors (Lipinski definition) is 7. The van der Waals surface area contributed by atoms with E-state index in [9.17, 15) is 14.4 Å². The molecule has 38 heavy (non-hydrogen) atoms. The Morgan fingerprint density at radius 1 is 1.13 bits per heavy atom. The fourth-order valence-electron chi connectivity index (χ4n) is 5.59. The Bertz CT molecular complexity index is 1410. The lowest BCUT2D eigenvalue weighted by molar-refractivity contribution is -0.132. The number of ether oxygens (including phenoxy) is 2. The zero-order valence-corrected chi connectivity index (χ0v) is 21.1. The Morgan fingerprint density at radius 2 is 1.89 bits per heavy atom. The van der Waals surface area contributed by atoms with Crippen molar-refractivity contribution in [3.8, 4) is 5.75 Å². The van der Waals surface area contributed by atoms with Crippen molar-refractivity contribution < 1.29 is 29.1 Å². The minimum Gasteiger partial charge on any atom is -0.478 e. The smallest absolute Gasteiger partial charge is 0.326 e. The molecule has 2 aromatic carbocycles. The zero-order valence-electron chi connectivity index (χ0n) is 21.1. The van der Waals surface area contributed by atoms with Gasteiger partial charge in [-0.15, -0.1) is 0 Å². The van der Waals surface area contributed by atoms with Gasteiger partial charge in [-0.2, -0.15) is 0 Å². The number of carbonyl (C=O) groups is 3. The Balaban J connectivity index is 1.39. The number of nitrogens with zero attached hydrogens (tertiary/aromatic N) is 4. The maximum atomic E-state index is 13.2. The van der Waals surface area contributed by atoms with E-state index in [0.717, 1.165) is 46.6 Å². The molecule has 3 aliphatic heterocycles. The Labute approximate surface area is 219 Å². The van der Waals surface area contributed by atoms with Crippen LogP contribution >= 0.6 is 0 Å². The van der Waals surface area contributed by atoms with E-state index in [2.05, 4.69) is 9.47 Å². The summed E-state index contributed by atoms with van der Waals surface area (Å²) in [7, 11) is 1.54. The highest BCUT2D eigenvalue weighted by atomic mass is 16.5. The van der Waals surface area contributed by atoms with E-state index in [-0.39, 0.29) is 11.9 Å². The number of hydroxylamine groups is 1. The average Bonchev–Trinajstić information content (AvgIpc) is 3.26. The summed E-state index contributed by atoms with van der Waals surface area (Å²) in [5.74, 6) is -0.509. The maximum Gasteiger partial charge on any atom is 0.326 e. The molecule has 4 heterocycles. The van der Waals surface area contributed by atoms with E-state index < -0.39 is 11.8 Å². The number of fused-ring (bicyclic) bond motifs is 6. The number of rotatable bonds is 6. The van der Waals surface area contributed by atoms with Gasteiger partial charge < -0.3 is 18.9 Å². The van der Waals surface area contributed by atoms with Gasteiger partial charge in [0.15, 0.2) is 0 Å². The summed E-state index contributed by atoms with van der Waals surface area (Å²) in [5, 5.41) is 9.85. The third-order valence-corrected chi connectivity index (χ3v) is 7.64. The number of aromatic nitrogens is 1. The van der Waals surface area contributed by atoms with Crippen molar-refractivity contribution in [2.24, 2.45) is 0 Å². The molecule has 6 rings (SSSR count). The first-order valence-corrected chi connectivity index (χ1v) is 12.6. The number of morpholine rings is 1. The number of likely N-dealkylation sites (N-methyl/N-ethyl adjacent to an activating group) is 1. The van der Waals surface area contributed by atoms with Gasteiger partial charge in [-0.25, -0.2) is 10.3 Å². The van der Waals surface area contributed by atoms with Gasteiger partial charge in [-0.1, -0.05) is 12.1 Å². The van der Waals surface area contributed by atoms with Gasteiger partial charge in [-0.05, 0) is 41.5 Å². The number of nitrogens with one attached hydrogen (secondary N) is 1. The molecule has 0 aliphatic carbocycles. The van der Waals surface area contributed by atoms with Gasteiger partial charge >= 0.3 is 6.03 Å². The molecule has 11 nitrogen and oxygen atoms in total. The van der Waals surface area contributed by atoms with Gasteiger partial charge in [0.25, 0.3) is 5.91 Å². The summed E-state index contributed by atoms with van der Waals surface area (Å²) in [4.78, 5) is 42.9. The molecule has 1 aromatic heterocycles. The molecule has 11 heteroatoms. The van der Waals surface area contributed by atoms with Crippen molar-refractivity contribution in [2.45, 2.75) is 19.0 Å². The molecule has 4 amide bonds. The Kier molecular flexibility index (Phi) is 6.26. The minimum absolute atomic E-state index is 0.203. The van der Waals surface area contributed by atoms with E-state index in [0.29, 0.717) is 45.1 Å². The first kappa shape index (κ1) is 24.4. The molecule has 198 valence electrons. The number of hydrogen-bond donors (Lipinski definition) is 2. The number of carbonyl (C=O) groups excluding carboxylic acids is 3. The lowest BCUT2D eigenvalue weighted by Crippen LogP contribution is -2.56. The van der Waals surface area contributed by atoms with E-state index in [1.54, 1.807) is 22.5 Å². The molecule has 2 bridgehead atoms. The Hall–Kier alpha value is -3.93. The second-order valence-electron chi connectivity index (χ2n) is 9.88. The molecule has 0 saturated carbocycles. The van der Waals surface area contributed by atoms with Crippen LogP contribution < -0.4 is 10.2 Å². The third-order valence-electron chi connectivity index (χ3n) is 7.64. The van der Waals surface area contributed by atoms with Crippen molar-refractivity contribution in [2.75, 3.05) is 46.6 Å². The summed E-state index contributed by atoms with van der Waals surface area (Å²) >= 11 is 0. The summed E-state index contributed by atoms with van der Waals surface area (Å²) < 4.78 is 13.7. The van der Waals surface area contributed by atoms with Crippen LogP contribution in [0.2, 0.25) is 0 Å². The summed E-state index contributed by atoms with van der Waals surface area (Å²) in [5.41, 5.74) is 5.74. The van der Waals surface area contributed by atoms with Gasteiger partial charge in [0.1, 0.15) is 12.5 Å². The summed E-state index contributed by atoms with van der Waals surface area (Å²) in [6.07, 6.45) is 0. The largest absolute Gasteiger partial charge is 0.478 e. The van der Waals surface area contributed by atoms with Gasteiger partial charge in [-0.3, -0.25) is 24.6 Å². The van der Waals surface area contributed by atoms with Crippen molar-refractivity contribution >= 4 is 28.7 Å². The number of imide groups is 1. The van der Waals surface area contributed by atoms with Crippen LogP contribution in [0, 0.1) is 0 Å². The van der Waals surface area contributed by atoms with E-state index in [1.807, 2.05) is 30.3 Å². The molecule has 0 spiro atoms. The van der Waals surface area contributed by atoms with Crippen LogP contribution in [0.4, 0.5) is 4.79 Å². The molecule has 2 N–H and O–H groups in total. The predicted molar refractivity (Wildman–Crippen MR) is 136 cm³/mol. The topological polar surface area (TPSA) is 117 Å². The van der Waals surface area contributed by atoms with Crippen LogP contribution in [0.1, 0.15) is 33.1 Å². The van der Waals surface area contributed by atoms with Crippen LogP contribution in [-0.2, 0) is 22.6 Å². The molecule has 3 aliphatic rings. The fraction of sp³-hybridized carbons (Fsp3) is 0.370. The first-order valence-electron chi connectivity index (χ1n) is 12.6. The van der Waals surface area contributed by atoms with E-state index in [4.69, 9.17) is 14.7 Å². The van der Waals surface area contributed by atoms with Crippen LogP contribution in [0.3, 0.4) is 0 Å². The van der Waals surface area contributed by atoms with E-state index >= 15 is 0 Å². The standard InChI is InChI=1S/C27H29N5O6/c1-29-26(34)21-14-31(27(29)35)15-23-24(21)20-12-19(38-16-30-8-10-37-11-9-30)6-7-22(20)32(23)13-17-2-4-18(5-3-17)25(33)28-36/h2-7,12,21,36H,8-11,13-16H2,1H3,(H,28,33)/t21-/m0/s1. The maximum absolute atomic E-state index is 13.2. The molecule has 2 saturated heterocycles.